The number of benzene rings is 2. The molecule has 0 bridgehead atoms. The standard InChI is InChI=1S/C22H26O2/c1-6-22(5)21(3,4)16(2)19-14-18(12-13-20(19)24-22)23-15-17-10-8-7-9-11-17/h6-14,16H,1,15H2,2-5H3. The number of rotatable bonds is 4. The van der Waals surface area contributed by atoms with Gasteiger partial charge in [0.1, 0.15) is 23.7 Å². The van der Waals surface area contributed by atoms with E-state index in [-0.39, 0.29) is 11.0 Å². The molecule has 0 radical (unpaired) electrons. The van der Waals surface area contributed by atoms with Crippen LogP contribution in [0.1, 0.15) is 44.7 Å². The zero-order chi connectivity index (χ0) is 17.4. The zero-order valence-corrected chi connectivity index (χ0v) is 15.0. The van der Waals surface area contributed by atoms with Gasteiger partial charge in [-0.15, -0.1) is 0 Å². The Hall–Kier alpha value is -2.22. The number of ether oxygens (including phenoxy) is 2. The summed E-state index contributed by atoms with van der Waals surface area (Å²) in [7, 11) is 0. The Morgan fingerprint density at radius 3 is 2.50 bits per heavy atom. The summed E-state index contributed by atoms with van der Waals surface area (Å²) in [5, 5.41) is 0. The maximum absolute atomic E-state index is 6.30. The van der Waals surface area contributed by atoms with Crippen molar-refractivity contribution in [1.29, 1.82) is 0 Å². The molecule has 0 saturated heterocycles. The number of hydrogen-bond donors (Lipinski definition) is 0. The van der Waals surface area contributed by atoms with Crippen molar-refractivity contribution in [2.75, 3.05) is 0 Å². The van der Waals surface area contributed by atoms with Gasteiger partial charge in [0.15, 0.2) is 0 Å². The molecule has 24 heavy (non-hydrogen) atoms. The first kappa shape index (κ1) is 16.6. The lowest BCUT2D eigenvalue weighted by Crippen LogP contribution is -2.51. The minimum atomic E-state index is -0.383. The van der Waals surface area contributed by atoms with Crippen molar-refractivity contribution >= 4 is 0 Å². The van der Waals surface area contributed by atoms with E-state index in [4.69, 9.17) is 9.47 Å². The molecule has 2 atom stereocenters. The predicted molar refractivity (Wildman–Crippen MR) is 98.6 cm³/mol. The summed E-state index contributed by atoms with van der Waals surface area (Å²) in [6, 6.07) is 16.3. The van der Waals surface area contributed by atoms with Crippen molar-refractivity contribution in [2.24, 2.45) is 5.41 Å². The molecule has 0 amide bonds. The lowest BCUT2D eigenvalue weighted by Gasteiger charge is -2.50. The minimum absolute atomic E-state index is 0.0558. The normalized spacial score (nSPS) is 24.6. The van der Waals surface area contributed by atoms with Crippen molar-refractivity contribution in [1.82, 2.24) is 0 Å². The van der Waals surface area contributed by atoms with Crippen LogP contribution in [0.4, 0.5) is 0 Å². The van der Waals surface area contributed by atoms with E-state index in [2.05, 4.69) is 52.5 Å². The van der Waals surface area contributed by atoms with Crippen LogP contribution in [0.2, 0.25) is 0 Å². The molecule has 0 aliphatic carbocycles. The van der Waals surface area contributed by atoms with E-state index in [1.54, 1.807) is 0 Å². The molecule has 0 fully saturated rings. The third-order valence-electron chi connectivity index (χ3n) is 5.77. The van der Waals surface area contributed by atoms with Gasteiger partial charge >= 0.3 is 0 Å². The summed E-state index contributed by atoms with van der Waals surface area (Å²) in [6.45, 7) is 13.4. The Balaban J connectivity index is 1.86. The summed E-state index contributed by atoms with van der Waals surface area (Å²) in [4.78, 5) is 0. The average molecular weight is 322 g/mol. The lowest BCUT2D eigenvalue weighted by atomic mass is 9.63. The van der Waals surface area contributed by atoms with Gasteiger partial charge in [-0.2, -0.15) is 0 Å². The largest absolute Gasteiger partial charge is 0.489 e. The molecule has 0 N–H and O–H groups in total. The summed E-state index contributed by atoms with van der Waals surface area (Å²) in [5.41, 5.74) is 1.93. The van der Waals surface area contributed by atoms with E-state index in [9.17, 15) is 0 Å². The fourth-order valence-electron chi connectivity index (χ4n) is 3.27. The van der Waals surface area contributed by atoms with Gasteiger partial charge in [0.05, 0.1) is 0 Å². The first-order valence-electron chi connectivity index (χ1n) is 8.50. The molecule has 1 aliphatic heterocycles. The fraction of sp³-hybridized carbons (Fsp3) is 0.364. The van der Waals surface area contributed by atoms with E-state index in [0.717, 1.165) is 11.5 Å². The summed E-state index contributed by atoms with van der Waals surface area (Å²) < 4.78 is 12.3. The first-order valence-corrected chi connectivity index (χ1v) is 8.50. The van der Waals surface area contributed by atoms with Crippen LogP contribution in [0.3, 0.4) is 0 Å². The van der Waals surface area contributed by atoms with Gasteiger partial charge in [-0.3, -0.25) is 0 Å². The molecule has 0 spiro atoms. The molecule has 2 heteroatoms. The second-order valence-electron chi connectivity index (χ2n) is 7.33. The zero-order valence-electron chi connectivity index (χ0n) is 15.0. The van der Waals surface area contributed by atoms with Crippen molar-refractivity contribution in [2.45, 2.75) is 45.8 Å². The lowest BCUT2D eigenvalue weighted by molar-refractivity contribution is -0.0188. The maximum Gasteiger partial charge on any atom is 0.130 e. The molecule has 2 aromatic carbocycles. The molecule has 0 aromatic heterocycles. The van der Waals surface area contributed by atoms with Gasteiger partial charge < -0.3 is 9.47 Å². The Morgan fingerprint density at radius 2 is 1.83 bits per heavy atom. The summed E-state index contributed by atoms with van der Waals surface area (Å²) in [5.74, 6) is 2.15. The van der Waals surface area contributed by atoms with Gasteiger partial charge in [-0.1, -0.05) is 57.7 Å². The van der Waals surface area contributed by atoms with E-state index in [1.165, 1.54) is 11.1 Å². The van der Waals surface area contributed by atoms with Gasteiger partial charge in [0, 0.05) is 11.0 Å². The van der Waals surface area contributed by atoms with Gasteiger partial charge in [0.25, 0.3) is 0 Å². The minimum Gasteiger partial charge on any atom is -0.489 e. The number of hydrogen-bond acceptors (Lipinski definition) is 2. The Bertz CT molecular complexity index is 733. The molecule has 1 heterocycles. The van der Waals surface area contributed by atoms with E-state index in [1.807, 2.05) is 36.4 Å². The van der Waals surface area contributed by atoms with E-state index in [0.29, 0.717) is 12.5 Å². The highest BCUT2D eigenvalue weighted by atomic mass is 16.5. The average Bonchev–Trinajstić information content (AvgIpc) is 2.59. The Kier molecular flexibility index (Phi) is 4.16. The molecule has 2 nitrogen and oxygen atoms in total. The maximum atomic E-state index is 6.30. The highest BCUT2D eigenvalue weighted by molar-refractivity contribution is 5.46. The first-order chi connectivity index (χ1) is 11.4. The van der Waals surface area contributed by atoms with Crippen LogP contribution in [0, 0.1) is 5.41 Å². The topological polar surface area (TPSA) is 18.5 Å². The van der Waals surface area contributed by atoms with Crippen LogP contribution >= 0.6 is 0 Å². The van der Waals surface area contributed by atoms with Crippen molar-refractivity contribution in [3.63, 3.8) is 0 Å². The molecule has 1 aliphatic rings. The van der Waals surface area contributed by atoms with Gasteiger partial charge in [-0.25, -0.2) is 0 Å². The third-order valence-corrected chi connectivity index (χ3v) is 5.77. The monoisotopic (exact) mass is 322 g/mol. The molecular weight excluding hydrogens is 296 g/mol. The molecule has 2 unspecified atom stereocenters. The smallest absolute Gasteiger partial charge is 0.130 e. The second-order valence-corrected chi connectivity index (χ2v) is 7.33. The highest BCUT2D eigenvalue weighted by Gasteiger charge is 2.49. The summed E-state index contributed by atoms with van der Waals surface area (Å²) in [6.07, 6.45) is 1.92. The van der Waals surface area contributed by atoms with Crippen LogP contribution < -0.4 is 9.47 Å². The molecule has 3 rings (SSSR count). The van der Waals surface area contributed by atoms with Crippen LogP contribution in [-0.4, -0.2) is 5.60 Å². The van der Waals surface area contributed by atoms with Crippen LogP contribution in [0.5, 0.6) is 11.5 Å². The van der Waals surface area contributed by atoms with Crippen molar-refractivity contribution < 1.29 is 9.47 Å². The second kappa shape index (κ2) is 6.01. The Morgan fingerprint density at radius 1 is 1.12 bits per heavy atom. The van der Waals surface area contributed by atoms with E-state index < -0.39 is 0 Å². The van der Waals surface area contributed by atoms with E-state index >= 15 is 0 Å². The Labute approximate surface area is 145 Å². The molecule has 2 aromatic rings. The third kappa shape index (κ3) is 2.71. The molecule has 126 valence electrons. The van der Waals surface area contributed by atoms with Crippen molar-refractivity contribution in [3.8, 4) is 11.5 Å². The predicted octanol–water partition coefficient (Wildman–Crippen LogP) is 5.73. The van der Waals surface area contributed by atoms with Crippen molar-refractivity contribution in [3.05, 3.63) is 72.3 Å². The van der Waals surface area contributed by atoms with Gasteiger partial charge in [0.2, 0.25) is 0 Å². The quantitative estimate of drug-likeness (QED) is 0.669. The van der Waals surface area contributed by atoms with Crippen LogP contribution in [-0.2, 0) is 6.61 Å². The highest BCUT2D eigenvalue weighted by Crippen LogP contribution is 2.53. The summed E-state index contributed by atoms with van der Waals surface area (Å²) >= 11 is 0. The van der Waals surface area contributed by atoms with Crippen LogP contribution in [0.25, 0.3) is 0 Å². The SMILES string of the molecule is C=CC1(C)Oc2ccc(OCc3ccccc3)cc2C(C)C1(C)C. The number of fused-ring (bicyclic) bond motifs is 1. The van der Waals surface area contributed by atoms with Gasteiger partial charge in [-0.05, 0) is 42.7 Å². The molecule has 0 saturated carbocycles. The fourth-order valence-corrected chi connectivity index (χ4v) is 3.27. The molecular formula is C22H26O2. The van der Waals surface area contributed by atoms with Crippen LogP contribution in [0.15, 0.2) is 61.2 Å².